The Kier molecular flexibility index (Phi) is 6.85. The number of nitrogens with zero attached hydrogens (tertiary/aromatic N) is 4. The zero-order valence-corrected chi connectivity index (χ0v) is 21.5. The van der Waals surface area contributed by atoms with Crippen LogP contribution in [0.4, 0.5) is 11.5 Å². The lowest BCUT2D eigenvalue weighted by molar-refractivity contribution is -0.145. The van der Waals surface area contributed by atoms with Crippen LogP contribution < -0.4 is 15.8 Å². The number of carbonyl (C=O) groups excluding carboxylic acids is 2. The molecule has 39 heavy (non-hydrogen) atoms. The summed E-state index contributed by atoms with van der Waals surface area (Å²) < 4.78 is 13.4. The maximum absolute atomic E-state index is 13.8. The average molecular weight is 527 g/mol. The molecule has 2 unspecified atom stereocenters. The summed E-state index contributed by atoms with van der Waals surface area (Å²) >= 11 is 0. The summed E-state index contributed by atoms with van der Waals surface area (Å²) in [6.45, 7) is 1.39. The summed E-state index contributed by atoms with van der Waals surface area (Å²) in [6.07, 6.45) is 6.48. The number of benzene rings is 2. The van der Waals surface area contributed by atoms with E-state index in [9.17, 15) is 9.59 Å². The summed E-state index contributed by atoms with van der Waals surface area (Å²) in [7, 11) is 0. The molecule has 4 aromatic rings. The number of aromatic nitrogens is 3. The number of rotatable bonds is 5. The van der Waals surface area contributed by atoms with Gasteiger partial charge >= 0.3 is 11.8 Å². The maximum atomic E-state index is 13.8. The molecule has 2 amide bonds. The van der Waals surface area contributed by atoms with E-state index in [4.69, 9.17) is 15.2 Å². The van der Waals surface area contributed by atoms with E-state index in [0.717, 1.165) is 36.1 Å². The van der Waals surface area contributed by atoms with Gasteiger partial charge in [-0.1, -0.05) is 48.5 Å². The van der Waals surface area contributed by atoms with Gasteiger partial charge < -0.3 is 25.4 Å². The van der Waals surface area contributed by atoms with E-state index >= 15 is 0 Å². The van der Waals surface area contributed by atoms with Crippen LogP contribution in [0.5, 0.6) is 5.75 Å². The van der Waals surface area contributed by atoms with Gasteiger partial charge in [-0.05, 0) is 30.9 Å². The molecule has 0 spiro atoms. The highest BCUT2D eigenvalue weighted by atomic mass is 16.5. The summed E-state index contributed by atoms with van der Waals surface area (Å²) in [6, 6.07) is 16.9. The molecule has 6 rings (SSSR count). The first-order chi connectivity index (χ1) is 19.1. The number of nitrogens with two attached hydrogens (primary N) is 1. The van der Waals surface area contributed by atoms with Crippen molar-refractivity contribution in [3.63, 3.8) is 0 Å². The molecule has 2 atom stereocenters. The Morgan fingerprint density at radius 2 is 1.87 bits per heavy atom. The van der Waals surface area contributed by atoms with Gasteiger partial charge in [-0.3, -0.25) is 9.59 Å². The van der Waals surface area contributed by atoms with Crippen LogP contribution in [-0.4, -0.2) is 44.7 Å². The molecule has 200 valence electrons. The number of pyridine rings is 1. The minimum atomic E-state index is -0.772. The van der Waals surface area contributed by atoms with Crippen molar-refractivity contribution in [3.05, 3.63) is 78.1 Å². The van der Waals surface area contributed by atoms with E-state index in [1.165, 1.54) is 6.20 Å². The van der Waals surface area contributed by atoms with Gasteiger partial charge in [0.15, 0.2) is 0 Å². The third kappa shape index (κ3) is 5.03. The number of ether oxygens (including phenoxy) is 2. The van der Waals surface area contributed by atoms with Crippen LogP contribution in [0.3, 0.4) is 0 Å². The fraction of sp³-hybridized carbons (Fsp3) is 0.310. The van der Waals surface area contributed by atoms with E-state index in [-0.39, 0.29) is 18.8 Å². The van der Waals surface area contributed by atoms with Gasteiger partial charge in [0.25, 0.3) is 0 Å². The van der Waals surface area contributed by atoms with E-state index < -0.39 is 11.8 Å². The second kappa shape index (κ2) is 10.7. The lowest BCUT2D eigenvalue weighted by Gasteiger charge is -2.35. The lowest BCUT2D eigenvalue weighted by Crippen LogP contribution is -2.43. The zero-order valence-electron chi connectivity index (χ0n) is 21.5. The highest BCUT2D eigenvalue weighted by Gasteiger charge is 2.34. The van der Waals surface area contributed by atoms with Crippen molar-refractivity contribution in [1.82, 2.24) is 19.7 Å². The largest absolute Gasteiger partial charge is 0.493 e. The first-order valence-corrected chi connectivity index (χ1v) is 13.2. The number of carbonyl (C=O) groups is 2. The van der Waals surface area contributed by atoms with Crippen molar-refractivity contribution in [2.75, 3.05) is 24.3 Å². The minimum Gasteiger partial charge on any atom is -0.493 e. The number of amides is 2. The van der Waals surface area contributed by atoms with E-state index in [1.54, 1.807) is 15.8 Å². The molecule has 10 heteroatoms. The second-order valence-corrected chi connectivity index (χ2v) is 9.81. The van der Waals surface area contributed by atoms with Gasteiger partial charge in [-0.15, -0.1) is 0 Å². The molecule has 2 aliphatic heterocycles. The standard InChI is InChI=1S/C29H30N6O4/c30-27-21-18-35(25-12-6-7-14-39-25)33-26(21)22(16-31-27)32-28(36)29(37)34(17-19-8-2-1-3-9-19)23-13-15-38-24-11-5-4-10-20(23)24/h1-5,8-11,16,18,23,25H,6-7,12-15,17H2,(H2,30,31)(H,32,36). The van der Waals surface area contributed by atoms with Crippen LogP contribution in [0.25, 0.3) is 10.9 Å². The average Bonchev–Trinajstić information content (AvgIpc) is 3.45. The van der Waals surface area contributed by atoms with Gasteiger partial charge in [0.1, 0.15) is 23.3 Å². The highest BCUT2D eigenvalue weighted by Crippen LogP contribution is 2.37. The van der Waals surface area contributed by atoms with Crippen molar-refractivity contribution < 1.29 is 19.1 Å². The van der Waals surface area contributed by atoms with Crippen LogP contribution in [0.15, 0.2) is 67.0 Å². The summed E-state index contributed by atoms with van der Waals surface area (Å²) in [5.41, 5.74) is 8.71. The van der Waals surface area contributed by atoms with Crippen molar-refractivity contribution in [2.24, 2.45) is 0 Å². The van der Waals surface area contributed by atoms with Crippen LogP contribution in [-0.2, 0) is 20.9 Å². The van der Waals surface area contributed by atoms with E-state index in [0.29, 0.717) is 42.0 Å². The molecule has 0 aliphatic carbocycles. The fourth-order valence-electron chi connectivity index (χ4n) is 5.27. The summed E-state index contributed by atoms with van der Waals surface area (Å²) in [4.78, 5) is 33.1. The first kappa shape index (κ1) is 24.9. The van der Waals surface area contributed by atoms with Crippen molar-refractivity contribution >= 4 is 34.2 Å². The molecule has 4 heterocycles. The molecule has 2 aromatic heterocycles. The molecule has 3 N–H and O–H groups in total. The predicted molar refractivity (Wildman–Crippen MR) is 146 cm³/mol. The van der Waals surface area contributed by atoms with Crippen LogP contribution in [0, 0.1) is 0 Å². The smallest absolute Gasteiger partial charge is 0.314 e. The number of hydrogen-bond acceptors (Lipinski definition) is 7. The molecule has 0 radical (unpaired) electrons. The van der Waals surface area contributed by atoms with Crippen molar-refractivity contribution in [1.29, 1.82) is 0 Å². The number of nitrogens with one attached hydrogen (secondary N) is 1. The van der Waals surface area contributed by atoms with Crippen molar-refractivity contribution in [2.45, 2.75) is 44.5 Å². The number of hydrogen-bond donors (Lipinski definition) is 2. The third-order valence-corrected chi connectivity index (χ3v) is 7.25. The Morgan fingerprint density at radius 1 is 1.05 bits per heavy atom. The molecule has 1 saturated heterocycles. The SMILES string of the molecule is Nc1ncc(NC(=O)C(=O)N(Cc2ccccc2)C2CCOc3ccccc32)c2nn(C3CCCCO3)cc12. The number of para-hydroxylation sites is 1. The lowest BCUT2D eigenvalue weighted by atomic mass is 9.98. The summed E-state index contributed by atoms with van der Waals surface area (Å²) in [5, 5.41) is 8.01. The summed E-state index contributed by atoms with van der Waals surface area (Å²) in [5.74, 6) is -0.410. The fourth-order valence-corrected chi connectivity index (χ4v) is 5.27. The Morgan fingerprint density at radius 3 is 2.69 bits per heavy atom. The molecule has 0 saturated carbocycles. The van der Waals surface area contributed by atoms with E-state index in [1.807, 2.05) is 54.6 Å². The second-order valence-electron chi connectivity index (χ2n) is 9.81. The quantitative estimate of drug-likeness (QED) is 0.373. The minimum absolute atomic E-state index is 0.203. The monoisotopic (exact) mass is 526 g/mol. The zero-order chi connectivity index (χ0) is 26.8. The Balaban J connectivity index is 1.30. The van der Waals surface area contributed by atoms with Crippen LogP contribution >= 0.6 is 0 Å². The Bertz CT molecular complexity index is 1500. The van der Waals surface area contributed by atoms with Crippen LogP contribution in [0.2, 0.25) is 0 Å². The normalized spacial score (nSPS) is 18.7. The van der Waals surface area contributed by atoms with E-state index in [2.05, 4.69) is 15.4 Å². The van der Waals surface area contributed by atoms with Gasteiger partial charge in [-0.2, -0.15) is 5.10 Å². The maximum Gasteiger partial charge on any atom is 0.314 e. The topological polar surface area (TPSA) is 125 Å². The molecule has 2 aliphatic rings. The number of fused-ring (bicyclic) bond motifs is 2. The first-order valence-electron chi connectivity index (χ1n) is 13.2. The molecular weight excluding hydrogens is 496 g/mol. The Hall–Kier alpha value is -4.44. The molecule has 0 bridgehead atoms. The number of nitrogen functional groups attached to an aromatic ring is 1. The number of anilines is 2. The molecule has 1 fully saturated rings. The van der Waals surface area contributed by atoms with Crippen LogP contribution in [0.1, 0.15) is 49.1 Å². The van der Waals surface area contributed by atoms with Gasteiger partial charge in [0.2, 0.25) is 0 Å². The third-order valence-electron chi connectivity index (χ3n) is 7.25. The Labute approximate surface area is 225 Å². The predicted octanol–water partition coefficient (Wildman–Crippen LogP) is 4.20. The molecule has 2 aromatic carbocycles. The van der Waals surface area contributed by atoms with Gasteiger partial charge in [0.05, 0.1) is 29.9 Å². The van der Waals surface area contributed by atoms with Gasteiger partial charge in [-0.25, -0.2) is 9.67 Å². The molecule has 10 nitrogen and oxygen atoms in total. The van der Waals surface area contributed by atoms with Crippen molar-refractivity contribution in [3.8, 4) is 5.75 Å². The molecular formula is C29H30N6O4. The highest BCUT2D eigenvalue weighted by molar-refractivity contribution is 6.40. The van der Waals surface area contributed by atoms with Gasteiger partial charge in [0, 0.05) is 31.3 Å².